The van der Waals surface area contributed by atoms with Gasteiger partial charge in [-0.25, -0.2) is 0 Å². The van der Waals surface area contributed by atoms with Gasteiger partial charge in [-0.1, -0.05) is 73.3 Å². The van der Waals surface area contributed by atoms with Gasteiger partial charge >= 0.3 is 0 Å². The average molecular weight is 409 g/mol. The molecule has 1 unspecified atom stereocenters. The van der Waals surface area contributed by atoms with Gasteiger partial charge in [0.25, 0.3) is 0 Å². The number of rotatable bonds is 2. The lowest BCUT2D eigenvalue weighted by Crippen LogP contribution is -1.93. The highest BCUT2D eigenvalue weighted by Crippen LogP contribution is 2.35. The molecule has 0 heterocycles. The van der Waals surface area contributed by atoms with Crippen LogP contribution in [0, 0.1) is 6.92 Å². The lowest BCUT2D eigenvalue weighted by molar-refractivity contribution is 1.17. The van der Waals surface area contributed by atoms with Crippen LogP contribution in [0.15, 0.2) is 40.9 Å². The number of benzene rings is 2. The predicted molar refractivity (Wildman–Crippen MR) is 86.1 cm³/mol. The second kappa shape index (κ2) is 5.96. The summed E-state index contributed by atoms with van der Waals surface area (Å²) in [6, 6.07) is 12.0. The Balaban J connectivity index is 2.37. The number of hydrogen-bond donors (Lipinski definition) is 0. The fraction of sp³-hybridized carbons (Fsp3) is 0.143. The van der Waals surface area contributed by atoms with Crippen molar-refractivity contribution in [3.05, 3.63) is 67.6 Å². The molecule has 18 heavy (non-hydrogen) atoms. The van der Waals surface area contributed by atoms with E-state index in [-0.39, 0.29) is 4.83 Å². The molecule has 0 saturated heterocycles. The minimum absolute atomic E-state index is 0.101. The van der Waals surface area contributed by atoms with E-state index in [1.165, 1.54) is 11.1 Å². The van der Waals surface area contributed by atoms with Crippen LogP contribution in [-0.4, -0.2) is 0 Å². The van der Waals surface area contributed by atoms with Crippen molar-refractivity contribution in [2.75, 3.05) is 0 Å². The third-order valence-electron chi connectivity index (χ3n) is 2.72. The Bertz CT molecular complexity index is 531. The molecule has 0 bridgehead atoms. The molecule has 0 saturated carbocycles. The van der Waals surface area contributed by atoms with E-state index in [0.29, 0.717) is 10.0 Å². The van der Waals surface area contributed by atoms with Gasteiger partial charge in [0.05, 0.1) is 14.9 Å². The Labute approximate surface area is 134 Å². The molecule has 0 fully saturated rings. The van der Waals surface area contributed by atoms with Gasteiger partial charge in [0.2, 0.25) is 0 Å². The van der Waals surface area contributed by atoms with E-state index in [4.69, 9.17) is 23.2 Å². The number of aryl methyl sites for hydroxylation is 1. The molecule has 2 rings (SSSR count). The molecular weight excluding hydrogens is 399 g/mol. The highest BCUT2D eigenvalue weighted by atomic mass is 79.9. The van der Waals surface area contributed by atoms with Crippen LogP contribution in [0.2, 0.25) is 10.0 Å². The first-order chi connectivity index (χ1) is 8.49. The zero-order chi connectivity index (χ0) is 13.3. The van der Waals surface area contributed by atoms with Crippen molar-refractivity contribution in [1.82, 2.24) is 0 Å². The van der Waals surface area contributed by atoms with E-state index in [1.54, 1.807) is 0 Å². The van der Waals surface area contributed by atoms with Gasteiger partial charge < -0.3 is 0 Å². The Morgan fingerprint density at radius 3 is 2.17 bits per heavy atom. The highest BCUT2D eigenvalue weighted by molar-refractivity contribution is 9.10. The third kappa shape index (κ3) is 3.11. The topological polar surface area (TPSA) is 0 Å². The fourth-order valence-electron chi connectivity index (χ4n) is 1.63. The standard InChI is InChI=1S/C14H10Br2Cl2/c1-8-2-3-9(6-11(8)15)14(16)10-4-5-12(17)13(18)7-10/h2-7,14H,1H3. The summed E-state index contributed by atoms with van der Waals surface area (Å²) in [5, 5.41) is 1.15. The van der Waals surface area contributed by atoms with E-state index < -0.39 is 0 Å². The molecule has 0 N–H and O–H groups in total. The molecule has 0 aliphatic rings. The Kier molecular flexibility index (Phi) is 4.76. The van der Waals surface area contributed by atoms with Crippen LogP contribution < -0.4 is 0 Å². The number of hydrogen-bond acceptors (Lipinski definition) is 0. The zero-order valence-electron chi connectivity index (χ0n) is 9.55. The summed E-state index contributed by atoms with van der Waals surface area (Å²) in [6.45, 7) is 2.07. The first kappa shape index (κ1) is 14.4. The average Bonchev–Trinajstić information content (AvgIpc) is 2.35. The molecule has 0 amide bonds. The van der Waals surface area contributed by atoms with Crippen LogP contribution in [0.4, 0.5) is 0 Å². The summed E-state index contributed by atoms with van der Waals surface area (Å²) in [6.07, 6.45) is 0. The SMILES string of the molecule is Cc1ccc(C(Br)c2ccc(Cl)c(Cl)c2)cc1Br. The van der Waals surface area contributed by atoms with Crippen molar-refractivity contribution in [2.45, 2.75) is 11.8 Å². The molecule has 2 aromatic rings. The van der Waals surface area contributed by atoms with Crippen LogP contribution in [0.25, 0.3) is 0 Å². The first-order valence-corrected chi connectivity index (χ1v) is 7.80. The minimum atomic E-state index is 0.101. The summed E-state index contributed by atoms with van der Waals surface area (Å²) < 4.78 is 1.10. The normalized spacial score (nSPS) is 12.5. The zero-order valence-corrected chi connectivity index (χ0v) is 14.2. The van der Waals surface area contributed by atoms with E-state index >= 15 is 0 Å². The molecule has 94 valence electrons. The van der Waals surface area contributed by atoms with Gasteiger partial charge in [0, 0.05) is 4.47 Å². The monoisotopic (exact) mass is 406 g/mol. The largest absolute Gasteiger partial charge is 0.0827 e. The molecule has 0 radical (unpaired) electrons. The number of alkyl halides is 1. The fourth-order valence-corrected chi connectivity index (χ4v) is 2.90. The predicted octanol–water partition coefficient (Wildman–Crippen LogP) is 6.55. The summed E-state index contributed by atoms with van der Waals surface area (Å²) in [7, 11) is 0. The van der Waals surface area contributed by atoms with Crippen molar-refractivity contribution >= 4 is 55.1 Å². The van der Waals surface area contributed by atoms with E-state index in [1.807, 2.05) is 18.2 Å². The maximum atomic E-state index is 6.04. The van der Waals surface area contributed by atoms with Crippen molar-refractivity contribution in [3.63, 3.8) is 0 Å². The van der Waals surface area contributed by atoms with Gasteiger partial charge in [-0.2, -0.15) is 0 Å². The van der Waals surface area contributed by atoms with Crippen molar-refractivity contribution in [1.29, 1.82) is 0 Å². The van der Waals surface area contributed by atoms with Crippen LogP contribution >= 0.6 is 55.1 Å². The summed E-state index contributed by atoms with van der Waals surface area (Å²) in [5.41, 5.74) is 3.47. The van der Waals surface area contributed by atoms with E-state index in [9.17, 15) is 0 Å². The molecule has 2 aromatic carbocycles. The smallest absolute Gasteiger partial charge is 0.0645 e. The molecule has 0 nitrogen and oxygen atoms in total. The third-order valence-corrected chi connectivity index (χ3v) is 5.38. The molecule has 1 atom stereocenters. The highest BCUT2D eigenvalue weighted by Gasteiger charge is 2.12. The molecule has 4 heteroatoms. The van der Waals surface area contributed by atoms with Crippen LogP contribution in [-0.2, 0) is 0 Å². The molecular formula is C14H10Br2Cl2. The molecule has 0 aromatic heterocycles. The minimum Gasteiger partial charge on any atom is -0.0827 e. The van der Waals surface area contributed by atoms with Gasteiger partial charge in [0.15, 0.2) is 0 Å². The second-order valence-corrected chi connectivity index (χ2v) is 6.63. The van der Waals surface area contributed by atoms with Crippen molar-refractivity contribution in [3.8, 4) is 0 Å². The quantitative estimate of drug-likeness (QED) is 0.494. The van der Waals surface area contributed by atoms with Crippen molar-refractivity contribution in [2.24, 2.45) is 0 Å². The Morgan fingerprint density at radius 2 is 1.56 bits per heavy atom. The first-order valence-electron chi connectivity index (χ1n) is 5.34. The molecule has 0 spiro atoms. The van der Waals surface area contributed by atoms with Crippen LogP contribution in [0.1, 0.15) is 21.5 Å². The molecule has 0 aliphatic carbocycles. The lowest BCUT2D eigenvalue weighted by Gasteiger charge is -2.13. The summed E-state index contributed by atoms with van der Waals surface area (Å²) in [4.78, 5) is 0.101. The Morgan fingerprint density at radius 1 is 0.944 bits per heavy atom. The van der Waals surface area contributed by atoms with Crippen LogP contribution in [0.3, 0.4) is 0 Å². The lowest BCUT2D eigenvalue weighted by atomic mass is 10.0. The maximum Gasteiger partial charge on any atom is 0.0645 e. The van der Waals surface area contributed by atoms with Crippen LogP contribution in [0.5, 0.6) is 0 Å². The van der Waals surface area contributed by atoms with Gasteiger partial charge in [0.1, 0.15) is 0 Å². The Hall–Kier alpha value is -0.0200. The van der Waals surface area contributed by atoms with Crippen molar-refractivity contribution < 1.29 is 0 Å². The maximum absolute atomic E-state index is 6.04. The van der Waals surface area contributed by atoms with Gasteiger partial charge in [-0.05, 0) is 41.8 Å². The van der Waals surface area contributed by atoms with Gasteiger partial charge in [-0.3, -0.25) is 0 Å². The van der Waals surface area contributed by atoms with E-state index in [0.717, 1.165) is 10.0 Å². The molecule has 0 aliphatic heterocycles. The van der Waals surface area contributed by atoms with E-state index in [2.05, 4.69) is 57.0 Å². The second-order valence-electron chi connectivity index (χ2n) is 4.04. The summed E-state index contributed by atoms with van der Waals surface area (Å²) in [5.74, 6) is 0. The summed E-state index contributed by atoms with van der Waals surface area (Å²) >= 11 is 19.2. The number of halogens is 4. The van der Waals surface area contributed by atoms with Gasteiger partial charge in [-0.15, -0.1) is 0 Å².